The van der Waals surface area contributed by atoms with E-state index in [4.69, 9.17) is 4.74 Å². The van der Waals surface area contributed by atoms with Crippen molar-refractivity contribution in [2.24, 2.45) is 7.05 Å². The molecule has 0 aliphatic carbocycles. The van der Waals surface area contributed by atoms with E-state index >= 15 is 0 Å². The monoisotopic (exact) mass is 445 g/mol. The van der Waals surface area contributed by atoms with Crippen LogP contribution in [0.2, 0.25) is 0 Å². The molecule has 0 atom stereocenters. The van der Waals surface area contributed by atoms with Gasteiger partial charge in [-0.3, -0.25) is 4.98 Å². The lowest BCUT2D eigenvalue weighted by Crippen LogP contribution is -2.35. The number of fused-ring (bicyclic) bond motifs is 1. The maximum Gasteiger partial charge on any atom is 0.153 e. The number of hydrogen-bond acceptors (Lipinski definition) is 8. The van der Waals surface area contributed by atoms with Gasteiger partial charge in [0.25, 0.3) is 0 Å². The Labute approximate surface area is 192 Å². The minimum absolute atomic E-state index is 0.0687. The molecule has 2 aliphatic rings. The van der Waals surface area contributed by atoms with Crippen molar-refractivity contribution in [3.05, 3.63) is 48.3 Å². The molecule has 0 saturated carbocycles. The Bertz CT molecular complexity index is 1180. The van der Waals surface area contributed by atoms with Crippen molar-refractivity contribution < 1.29 is 9.84 Å². The SMILES string of the molecule is Cn1cnnc1C1CCN(c2c(C#N)cccc2-c2cncc3c2OCCN3CCO)CC1. The number of anilines is 2. The van der Waals surface area contributed by atoms with Gasteiger partial charge in [0.1, 0.15) is 24.8 Å². The summed E-state index contributed by atoms with van der Waals surface area (Å²) in [6.45, 7) is 3.49. The Balaban J connectivity index is 1.51. The molecule has 3 aromatic rings. The third-order valence-corrected chi connectivity index (χ3v) is 6.57. The Kier molecular flexibility index (Phi) is 5.84. The van der Waals surface area contributed by atoms with Gasteiger partial charge in [-0.2, -0.15) is 5.26 Å². The number of benzene rings is 1. The number of aromatic nitrogens is 4. The van der Waals surface area contributed by atoms with Crippen molar-refractivity contribution in [3.63, 3.8) is 0 Å². The molecule has 0 spiro atoms. The Morgan fingerprint density at radius 2 is 2.03 bits per heavy atom. The number of nitriles is 1. The first kappa shape index (κ1) is 21.2. The summed E-state index contributed by atoms with van der Waals surface area (Å²) in [4.78, 5) is 8.87. The van der Waals surface area contributed by atoms with Crippen molar-refractivity contribution in [3.8, 4) is 22.9 Å². The van der Waals surface area contributed by atoms with Crippen LogP contribution in [0.15, 0.2) is 36.9 Å². The quantitative estimate of drug-likeness (QED) is 0.638. The summed E-state index contributed by atoms with van der Waals surface area (Å²) in [5.41, 5.74) is 4.26. The van der Waals surface area contributed by atoms with Gasteiger partial charge in [0.05, 0.1) is 36.3 Å². The van der Waals surface area contributed by atoms with Crippen LogP contribution >= 0.6 is 0 Å². The van der Waals surface area contributed by atoms with Crippen LogP contribution in [0.4, 0.5) is 11.4 Å². The predicted molar refractivity (Wildman–Crippen MR) is 124 cm³/mol. The second kappa shape index (κ2) is 9.08. The van der Waals surface area contributed by atoms with Gasteiger partial charge in [0, 0.05) is 49.9 Å². The third kappa shape index (κ3) is 3.87. The van der Waals surface area contributed by atoms with E-state index in [0.29, 0.717) is 31.2 Å². The zero-order valence-electron chi connectivity index (χ0n) is 18.7. The van der Waals surface area contributed by atoms with Crippen molar-refractivity contribution in [2.75, 3.05) is 49.2 Å². The number of piperidine rings is 1. The molecule has 2 aromatic heterocycles. The number of ether oxygens (including phenoxy) is 1. The fraction of sp³-hybridized carbons (Fsp3) is 0.417. The van der Waals surface area contributed by atoms with E-state index in [0.717, 1.165) is 60.0 Å². The van der Waals surface area contributed by atoms with E-state index in [1.54, 1.807) is 12.5 Å². The highest BCUT2D eigenvalue weighted by atomic mass is 16.5. The second-order valence-corrected chi connectivity index (χ2v) is 8.47. The topological polar surface area (TPSA) is 103 Å². The molecule has 1 aromatic carbocycles. The predicted octanol–water partition coefficient (Wildman–Crippen LogP) is 2.32. The summed E-state index contributed by atoms with van der Waals surface area (Å²) in [6.07, 6.45) is 7.23. The smallest absolute Gasteiger partial charge is 0.153 e. The molecule has 2 aliphatic heterocycles. The van der Waals surface area contributed by atoms with Crippen LogP contribution in [0.5, 0.6) is 5.75 Å². The van der Waals surface area contributed by atoms with Gasteiger partial charge in [-0.15, -0.1) is 10.2 Å². The fourth-order valence-corrected chi connectivity index (χ4v) is 4.95. The molecular weight excluding hydrogens is 418 g/mol. The number of pyridine rings is 1. The average molecular weight is 446 g/mol. The number of rotatable bonds is 5. The number of aliphatic hydroxyl groups is 1. The largest absolute Gasteiger partial charge is 0.489 e. The van der Waals surface area contributed by atoms with Gasteiger partial charge in [0.15, 0.2) is 5.75 Å². The molecule has 5 rings (SSSR count). The number of β-amino-alcohol motifs (C(OH)–C–C–N with tert-alkyl or cyclic N) is 1. The molecule has 0 radical (unpaired) electrons. The standard InChI is InChI=1S/C24H27N7O2/c1-29-16-27-28-24(29)17-5-7-31(8-6-17)22-18(13-25)3-2-4-19(22)20-14-26-15-21-23(20)33-12-10-30(21)9-11-32/h2-4,14-17,32H,5-12H2,1H3. The summed E-state index contributed by atoms with van der Waals surface area (Å²) in [5.74, 6) is 2.13. The number of para-hydroxylation sites is 1. The number of aryl methyl sites for hydroxylation is 1. The molecule has 0 unspecified atom stereocenters. The van der Waals surface area contributed by atoms with Crippen molar-refractivity contribution in [1.82, 2.24) is 19.7 Å². The van der Waals surface area contributed by atoms with E-state index in [-0.39, 0.29) is 6.61 Å². The second-order valence-electron chi connectivity index (χ2n) is 8.47. The van der Waals surface area contributed by atoms with Gasteiger partial charge in [-0.25, -0.2) is 0 Å². The molecule has 0 bridgehead atoms. The van der Waals surface area contributed by atoms with E-state index in [1.807, 2.05) is 36.0 Å². The van der Waals surface area contributed by atoms with Crippen LogP contribution in [0.3, 0.4) is 0 Å². The molecule has 0 amide bonds. The highest BCUT2D eigenvalue weighted by molar-refractivity contribution is 5.88. The highest BCUT2D eigenvalue weighted by Gasteiger charge is 2.29. The molecule has 4 heterocycles. The van der Waals surface area contributed by atoms with Crippen LogP contribution < -0.4 is 14.5 Å². The first-order chi connectivity index (χ1) is 16.2. The summed E-state index contributed by atoms with van der Waals surface area (Å²) < 4.78 is 8.09. The van der Waals surface area contributed by atoms with Crippen LogP contribution in [-0.4, -0.2) is 64.2 Å². The normalized spacial score (nSPS) is 16.3. The first-order valence-corrected chi connectivity index (χ1v) is 11.3. The van der Waals surface area contributed by atoms with Crippen LogP contribution in [0.1, 0.15) is 30.1 Å². The van der Waals surface area contributed by atoms with Gasteiger partial charge >= 0.3 is 0 Å². The summed E-state index contributed by atoms with van der Waals surface area (Å²) in [7, 11) is 1.98. The number of aliphatic hydroxyl groups excluding tert-OH is 1. The molecular formula is C24H27N7O2. The third-order valence-electron chi connectivity index (χ3n) is 6.57. The van der Waals surface area contributed by atoms with Crippen LogP contribution in [0.25, 0.3) is 11.1 Å². The van der Waals surface area contributed by atoms with Crippen molar-refractivity contribution >= 4 is 11.4 Å². The van der Waals surface area contributed by atoms with Crippen LogP contribution in [-0.2, 0) is 7.05 Å². The molecule has 33 heavy (non-hydrogen) atoms. The molecule has 1 fully saturated rings. The van der Waals surface area contributed by atoms with Gasteiger partial charge in [0.2, 0.25) is 0 Å². The van der Waals surface area contributed by atoms with E-state index in [9.17, 15) is 10.4 Å². The van der Waals surface area contributed by atoms with E-state index in [1.165, 1.54) is 0 Å². The number of hydrogen-bond donors (Lipinski definition) is 1. The molecule has 170 valence electrons. The van der Waals surface area contributed by atoms with Gasteiger partial charge < -0.3 is 24.2 Å². The highest BCUT2D eigenvalue weighted by Crippen LogP contribution is 2.45. The Morgan fingerprint density at radius 1 is 1.18 bits per heavy atom. The fourth-order valence-electron chi connectivity index (χ4n) is 4.95. The Hall–Kier alpha value is -3.64. The van der Waals surface area contributed by atoms with Gasteiger partial charge in [-0.1, -0.05) is 12.1 Å². The summed E-state index contributed by atoms with van der Waals surface area (Å²) >= 11 is 0. The average Bonchev–Trinajstić information content (AvgIpc) is 3.29. The summed E-state index contributed by atoms with van der Waals surface area (Å²) in [6, 6.07) is 8.21. The maximum atomic E-state index is 9.93. The number of nitrogens with zero attached hydrogens (tertiary/aromatic N) is 7. The maximum absolute atomic E-state index is 9.93. The first-order valence-electron chi connectivity index (χ1n) is 11.3. The van der Waals surface area contributed by atoms with E-state index < -0.39 is 0 Å². The van der Waals surface area contributed by atoms with Crippen LogP contribution in [0, 0.1) is 11.3 Å². The van der Waals surface area contributed by atoms with E-state index in [2.05, 4.69) is 31.1 Å². The lowest BCUT2D eigenvalue weighted by molar-refractivity contribution is 0.278. The van der Waals surface area contributed by atoms with Crippen molar-refractivity contribution in [1.29, 1.82) is 5.26 Å². The lowest BCUT2D eigenvalue weighted by atomic mass is 9.93. The van der Waals surface area contributed by atoms with Crippen molar-refractivity contribution in [2.45, 2.75) is 18.8 Å². The molecule has 1 N–H and O–H groups in total. The molecule has 9 heteroatoms. The van der Waals surface area contributed by atoms with Gasteiger partial charge in [-0.05, 0) is 18.9 Å². The summed E-state index contributed by atoms with van der Waals surface area (Å²) in [5, 5.41) is 27.7. The molecule has 9 nitrogen and oxygen atoms in total. The molecule has 1 saturated heterocycles. The Morgan fingerprint density at radius 3 is 2.76 bits per heavy atom. The minimum Gasteiger partial charge on any atom is -0.489 e. The minimum atomic E-state index is 0.0687. The zero-order chi connectivity index (χ0) is 22.8. The lowest BCUT2D eigenvalue weighted by Gasteiger charge is -2.36. The zero-order valence-corrected chi connectivity index (χ0v) is 18.7.